The Morgan fingerprint density at radius 1 is 1.15 bits per heavy atom. The Morgan fingerprint density at radius 3 is 2.60 bits per heavy atom. The van der Waals surface area contributed by atoms with E-state index in [1.54, 1.807) is 0 Å². The van der Waals surface area contributed by atoms with E-state index in [4.69, 9.17) is 0 Å². The van der Waals surface area contributed by atoms with E-state index >= 15 is 0 Å². The molecule has 1 atom stereocenters. The summed E-state index contributed by atoms with van der Waals surface area (Å²) in [4.78, 5) is 2.30. The Labute approximate surface area is 127 Å². The SMILES string of the molecule is CC1CNCCN1c1ccc(-c2ccc(Br)cc2)nn1. The molecule has 2 heterocycles. The molecule has 1 aliphatic rings. The lowest BCUT2D eigenvalue weighted by atomic mass is 10.1. The molecular weight excluding hydrogens is 316 g/mol. The first kappa shape index (κ1) is 13.5. The van der Waals surface area contributed by atoms with E-state index in [2.05, 4.69) is 49.3 Å². The minimum atomic E-state index is 0.455. The van der Waals surface area contributed by atoms with Gasteiger partial charge in [-0.3, -0.25) is 0 Å². The number of hydrogen-bond donors (Lipinski definition) is 1. The molecule has 1 unspecified atom stereocenters. The maximum absolute atomic E-state index is 4.39. The van der Waals surface area contributed by atoms with E-state index < -0.39 is 0 Å². The summed E-state index contributed by atoms with van der Waals surface area (Å²) in [5.74, 6) is 0.958. The summed E-state index contributed by atoms with van der Waals surface area (Å²) in [6.45, 7) is 5.18. The molecule has 20 heavy (non-hydrogen) atoms. The number of piperazine rings is 1. The van der Waals surface area contributed by atoms with Gasteiger partial charge in [0.2, 0.25) is 0 Å². The standard InChI is InChI=1S/C15H17BrN4/c1-11-10-17-8-9-20(11)15-7-6-14(18-19-15)12-2-4-13(16)5-3-12/h2-7,11,17H,8-10H2,1H3. The molecule has 0 saturated carbocycles. The Kier molecular flexibility index (Phi) is 3.98. The monoisotopic (exact) mass is 332 g/mol. The fraction of sp³-hybridized carbons (Fsp3) is 0.333. The van der Waals surface area contributed by atoms with Crippen LogP contribution >= 0.6 is 15.9 Å². The van der Waals surface area contributed by atoms with Crippen LogP contribution in [0.5, 0.6) is 0 Å². The predicted molar refractivity (Wildman–Crippen MR) is 84.8 cm³/mol. The number of anilines is 1. The average molecular weight is 333 g/mol. The number of rotatable bonds is 2. The highest BCUT2D eigenvalue weighted by Crippen LogP contribution is 2.21. The Balaban J connectivity index is 1.82. The first-order valence-electron chi connectivity index (χ1n) is 6.81. The maximum atomic E-state index is 4.39. The van der Waals surface area contributed by atoms with Crippen LogP contribution in [0.1, 0.15) is 6.92 Å². The number of hydrogen-bond acceptors (Lipinski definition) is 4. The lowest BCUT2D eigenvalue weighted by molar-refractivity contribution is 0.495. The van der Waals surface area contributed by atoms with Crippen molar-refractivity contribution < 1.29 is 0 Å². The minimum absolute atomic E-state index is 0.455. The summed E-state index contributed by atoms with van der Waals surface area (Å²) in [6.07, 6.45) is 0. The van der Waals surface area contributed by atoms with Gasteiger partial charge in [0.25, 0.3) is 0 Å². The first-order valence-corrected chi connectivity index (χ1v) is 7.60. The highest BCUT2D eigenvalue weighted by Gasteiger charge is 2.19. The van der Waals surface area contributed by atoms with Crippen LogP contribution in [0, 0.1) is 0 Å². The Bertz CT molecular complexity index is 567. The van der Waals surface area contributed by atoms with Gasteiger partial charge >= 0.3 is 0 Å². The fourth-order valence-electron chi connectivity index (χ4n) is 2.43. The highest BCUT2D eigenvalue weighted by atomic mass is 79.9. The molecular formula is C15H17BrN4. The molecule has 1 aliphatic heterocycles. The molecule has 3 rings (SSSR count). The summed E-state index contributed by atoms with van der Waals surface area (Å²) in [5.41, 5.74) is 1.99. The van der Waals surface area contributed by atoms with E-state index in [1.165, 1.54) is 0 Å². The van der Waals surface area contributed by atoms with E-state index in [-0.39, 0.29) is 0 Å². The minimum Gasteiger partial charge on any atom is -0.350 e. The Hall–Kier alpha value is -1.46. The van der Waals surface area contributed by atoms with Crippen molar-refractivity contribution in [2.45, 2.75) is 13.0 Å². The summed E-state index contributed by atoms with van der Waals surface area (Å²) in [5, 5.41) is 12.1. The predicted octanol–water partition coefficient (Wildman–Crippen LogP) is 2.70. The van der Waals surface area contributed by atoms with E-state index in [0.717, 1.165) is 41.2 Å². The number of benzene rings is 1. The summed E-state index contributed by atoms with van der Waals surface area (Å²) < 4.78 is 1.07. The van der Waals surface area contributed by atoms with Crippen molar-refractivity contribution >= 4 is 21.7 Å². The third-order valence-corrected chi connectivity index (χ3v) is 4.11. The normalized spacial score (nSPS) is 19.1. The van der Waals surface area contributed by atoms with Gasteiger partial charge in [-0.1, -0.05) is 28.1 Å². The summed E-state index contributed by atoms with van der Waals surface area (Å²) in [7, 11) is 0. The molecule has 1 aromatic carbocycles. The van der Waals surface area contributed by atoms with Crippen molar-refractivity contribution in [3.63, 3.8) is 0 Å². The van der Waals surface area contributed by atoms with Crippen molar-refractivity contribution in [2.24, 2.45) is 0 Å². The molecule has 1 fully saturated rings. The molecule has 0 amide bonds. The number of nitrogens with one attached hydrogen (secondary N) is 1. The number of aromatic nitrogens is 2. The van der Waals surface area contributed by atoms with Crippen LogP contribution in [0.2, 0.25) is 0 Å². The quantitative estimate of drug-likeness (QED) is 0.918. The van der Waals surface area contributed by atoms with Crippen LogP contribution in [-0.4, -0.2) is 35.9 Å². The Morgan fingerprint density at radius 2 is 1.95 bits per heavy atom. The van der Waals surface area contributed by atoms with Gasteiger partial charge in [0.05, 0.1) is 5.69 Å². The largest absolute Gasteiger partial charge is 0.350 e. The lowest BCUT2D eigenvalue weighted by Crippen LogP contribution is -2.50. The number of halogens is 1. The van der Waals surface area contributed by atoms with Crippen molar-refractivity contribution in [3.8, 4) is 11.3 Å². The molecule has 0 radical (unpaired) electrons. The zero-order chi connectivity index (χ0) is 13.9. The van der Waals surface area contributed by atoms with Gasteiger partial charge in [0.1, 0.15) is 0 Å². The van der Waals surface area contributed by atoms with Crippen LogP contribution in [0.4, 0.5) is 5.82 Å². The molecule has 5 heteroatoms. The van der Waals surface area contributed by atoms with Crippen molar-refractivity contribution in [2.75, 3.05) is 24.5 Å². The van der Waals surface area contributed by atoms with Crippen LogP contribution < -0.4 is 10.2 Å². The first-order chi connectivity index (χ1) is 9.74. The van der Waals surface area contributed by atoms with Crippen LogP contribution in [0.3, 0.4) is 0 Å². The molecule has 1 saturated heterocycles. The smallest absolute Gasteiger partial charge is 0.151 e. The molecule has 0 bridgehead atoms. The van der Waals surface area contributed by atoms with Gasteiger partial charge in [-0.05, 0) is 31.2 Å². The zero-order valence-electron chi connectivity index (χ0n) is 11.4. The third kappa shape index (κ3) is 2.83. The van der Waals surface area contributed by atoms with Crippen molar-refractivity contribution in [3.05, 3.63) is 40.9 Å². The summed E-state index contributed by atoms with van der Waals surface area (Å²) in [6, 6.07) is 12.7. The van der Waals surface area contributed by atoms with E-state index in [0.29, 0.717) is 6.04 Å². The van der Waals surface area contributed by atoms with Gasteiger partial charge in [0, 0.05) is 35.7 Å². The van der Waals surface area contributed by atoms with Crippen molar-refractivity contribution in [1.82, 2.24) is 15.5 Å². The molecule has 2 aromatic rings. The second kappa shape index (κ2) is 5.89. The van der Waals surface area contributed by atoms with Gasteiger partial charge < -0.3 is 10.2 Å². The van der Waals surface area contributed by atoms with Crippen molar-refractivity contribution in [1.29, 1.82) is 0 Å². The van der Waals surface area contributed by atoms with E-state index in [1.807, 2.05) is 30.3 Å². The highest BCUT2D eigenvalue weighted by molar-refractivity contribution is 9.10. The maximum Gasteiger partial charge on any atom is 0.151 e. The molecule has 1 aromatic heterocycles. The topological polar surface area (TPSA) is 41.0 Å². The molecule has 0 aliphatic carbocycles. The number of nitrogens with zero attached hydrogens (tertiary/aromatic N) is 3. The van der Waals surface area contributed by atoms with Crippen LogP contribution in [0.25, 0.3) is 11.3 Å². The fourth-order valence-corrected chi connectivity index (χ4v) is 2.70. The average Bonchev–Trinajstić information content (AvgIpc) is 2.49. The second-order valence-electron chi connectivity index (χ2n) is 5.03. The van der Waals surface area contributed by atoms with Gasteiger partial charge in [0.15, 0.2) is 5.82 Å². The van der Waals surface area contributed by atoms with Gasteiger partial charge in [-0.2, -0.15) is 0 Å². The zero-order valence-corrected chi connectivity index (χ0v) is 13.0. The molecule has 104 valence electrons. The summed E-state index contributed by atoms with van der Waals surface area (Å²) >= 11 is 3.44. The van der Waals surface area contributed by atoms with Crippen LogP contribution in [-0.2, 0) is 0 Å². The molecule has 4 nitrogen and oxygen atoms in total. The van der Waals surface area contributed by atoms with E-state index in [9.17, 15) is 0 Å². The van der Waals surface area contributed by atoms with Gasteiger partial charge in [-0.25, -0.2) is 0 Å². The molecule has 1 N–H and O–H groups in total. The molecule has 0 spiro atoms. The van der Waals surface area contributed by atoms with Crippen LogP contribution in [0.15, 0.2) is 40.9 Å². The lowest BCUT2D eigenvalue weighted by Gasteiger charge is -2.34. The second-order valence-corrected chi connectivity index (χ2v) is 5.95. The van der Waals surface area contributed by atoms with Gasteiger partial charge in [-0.15, -0.1) is 10.2 Å². The third-order valence-electron chi connectivity index (χ3n) is 3.59.